The molecule has 2 N–H and O–H groups in total. The molecule has 0 saturated heterocycles. The summed E-state index contributed by atoms with van der Waals surface area (Å²) in [6, 6.07) is 17.0. The molecule has 0 radical (unpaired) electrons. The van der Waals surface area contributed by atoms with Crippen LogP contribution in [0.4, 0.5) is 10.5 Å². The second kappa shape index (κ2) is 8.52. The van der Waals surface area contributed by atoms with Crippen molar-refractivity contribution in [1.29, 1.82) is 0 Å². The zero-order valence-electron chi connectivity index (χ0n) is 15.7. The minimum Gasteiger partial charge on any atom is -0.444 e. The van der Waals surface area contributed by atoms with Gasteiger partial charge in [-0.3, -0.25) is 4.79 Å². The standard InChI is InChI=1S/C21H26N2O3/c1-15(22-20(25)26-21(2,3)4)19(24)23-18-13-9-8-12-17(18)14-16-10-6-5-7-11-16/h5-13,15H,14H2,1-4H3,(H,22,25)(H,23,24)/t15-/m1/s1. The number of hydrogen-bond acceptors (Lipinski definition) is 3. The summed E-state index contributed by atoms with van der Waals surface area (Å²) in [5, 5.41) is 5.44. The maximum absolute atomic E-state index is 12.4. The first-order chi connectivity index (χ1) is 12.2. The molecule has 0 spiro atoms. The summed E-state index contributed by atoms with van der Waals surface area (Å²) in [7, 11) is 0. The van der Waals surface area contributed by atoms with Crippen LogP contribution in [0.5, 0.6) is 0 Å². The Morgan fingerprint density at radius 1 is 1.00 bits per heavy atom. The number of benzene rings is 2. The third-order valence-corrected chi connectivity index (χ3v) is 3.64. The Balaban J connectivity index is 2.01. The molecule has 0 saturated carbocycles. The van der Waals surface area contributed by atoms with E-state index in [0.717, 1.165) is 16.8 Å². The first kappa shape index (κ1) is 19.5. The van der Waals surface area contributed by atoms with Crippen molar-refractivity contribution in [1.82, 2.24) is 5.32 Å². The van der Waals surface area contributed by atoms with Gasteiger partial charge < -0.3 is 15.4 Å². The highest BCUT2D eigenvalue weighted by Gasteiger charge is 2.21. The molecule has 0 bridgehead atoms. The number of nitrogens with one attached hydrogen (secondary N) is 2. The number of carbonyl (C=O) groups excluding carboxylic acids is 2. The smallest absolute Gasteiger partial charge is 0.408 e. The highest BCUT2D eigenvalue weighted by Crippen LogP contribution is 2.19. The first-order valence-electron chi connectivity index (χ1n) is 8.67. The van der Waals surface area contributed by atoms with Crippen molar-refractivity contribution in [2.45, 2.75) is 45.8 Å². The predicted octanol–water partition coefficient (Wildman–Crippen LogP) is 4.13. The summed E-state index contributed by atoms with van der Waals surface area (Å²) in [5.41, 5.74) is 2.30. The van der Waals surface area contributed by atoms with E-state index in [0.29, 0.717) is 6.42 Å². The molecule has 2 aromatic carbocycles. The van der Waals surface area contributed by atoms with Crippen molar-refractivity contribution in [2.75, 3.05) is 5.32 Å². The first-order valence-corrected chi connectivity index (χ1v) is 8.67. The number of amides is 2. The van der Waals surface area contributed by atoms with E-state index in [1.54, 1.807) is 27.7 Å². The van der Waals surface area contributed by atoms with Gasteiger partial charge >= 0.3 is 6.09 Å². The van der Waals surface area contributed by atoms with E-state index >= 15 is 0 Å². The number of para-hydroxylation sites is 1. The van der Waals surface area contributed by atoms with Crippen molar-refractivity contribution in [3.63, 3.8) is 0 Å². The van der Waals surface area contributed by atoms with Crippen LogP contribution in [0.1, 0.15) is 38.8 Å². The van der Waals surface area contributed by atoms with Crippen molar-refractivity contribution in [3.8, 4) is 0 Å². The molecule has 0 fully saturated rings. The monoisotopic (exact) mass is 354 g/mol. The second-order valence-corrected chi connectivity index (χ2v) is 7.18. The number of ether oxygens (including phenoxy) is 1. The van der Waals surface area contributed by atoms with Crippen LogP contribution in [0.15, 0.2) is 54.6 Å². The minimum atomic E-state index is -0.713. The Morgan fingerprint density at radius 3 is 2.27 bits per heavy atom. The molecule has 0 heterocycles. The summed E-state index contributed by atoms with van der Waals surface area (Å²) in [6.45, 7) is 6.95. The largest absolute Gasteiger partial charge is 0.444 e. The maximum atomic E-state index is 12.4. The fourth-order valence-electron chi connectivity index (χ4n) is 2.40. The van der Waals surface area contributed by atoms with E-state index in [2.05, 4.69) is 10.6 Å². The topological polar surface area (TPSA) is 67.4 Å². The molecule has 5 nitrogen and oxygen atoms in total. The lowest BCUT2D eigenvalue weighted by Crippen LogP contribution is -2.44. The van der Waals surface area contributed by atoms with Gasteiger partial charge in [0, 0.05) is 5.69 Å². The van der Waals surface area contributed by atoms with Crippen molar-refractivity contribution in [3.05, 3.63) is 65.7 Å². The van der Waals surface area contributed by atoms with Crippen LogP contribution in [0.3, 0.4) is 0 Å². The average molecular weight is 354 g/mol. The molecule has 138 valence electrons. The van der Waals surface area contributed by atoms with E-state index in [4.69, 9.17) is 4.74 Å². The lowest BCUT2D eigenvalue weighted by Gasteiger charge is -2.22. The van der Waals surface area contributed by atoms with Gasteiger partial charge in [0.15, 0.2) is 0 Å². The summed E-state index contributed by atoms with van der Waals surface area (Å²) < 4.78 is 5.18. The molecule has 0 aliphatic carbocycles. The summed E-state index contributed by atoms with van der Waals surface area (Å²) in [5.74, 6) is -0.295. The van der Waals surface area contributed by atoms with E-state index in [1.807, 2.05) is 54.6 Å². The third-order valence-electron chi connectivity index (χ3n) is 3.64. The van der Waals surface area contributed by atoms with Gasteiger partial charge in [0.25, 0.3) is 0 Å². The summed E-state index contributed by atoms with van der Waals surface area (Å²) in [6.07, 6.45) is 0.100. The molecular weight excluding hydrogens is 328 g/mol. The van der Waals surface area contributed by atoms with Gasteiger partial charge in [-0.05, 0) is 51.3 Å². The van der Waals surface area contributed by atoms with Crippen LogP contribution in [-0.4, -0.2) is 23.6 Å². The fourth-order valence-corrected chi connectivity index (χ4v) is 2.40. The van der Waals surface area contributed by atoms with Crippen molar-refractivity contribution >= 4 is 17.7 Å². The molecule has 0 aliphatic heterocycles. The summed E-state index contributed by atoms with van der Waals surface area (Å²) in [4.78, 5) is 24.3. The third kappa shape index (κ3) is 6.24. The number of anilines is 1. The molecule has 2 rings (SSSR count). The van der Waals surface area contributed by atoms with Crippen LogP contribution in [-0.2, 0) is 16.0 Å². The zero-order valence-corrected chi connectivity index (χ0v) is 15.7. The Kier molecular flexibility index (Phi) is 6.39. The number of carbonyl (C=O) groups is 2. The van der Waals surface area contributed by atoms with Gasteiger partial charge in [-0.1, -0.05) is 48.5 Å². The molecule has 0 aliphatic rings. The molecule has 26 heavy (non-hydrogen) atoms. The zero-order chi connectivity index (χ0) is 19.2. The number of rotatable bonds is 5. The van der Waals surface area contributed by atoms with Gasteiger partial charge in [0.1, 0.15) is 11.6 Å². The molecule has 5 heteroatoms. The van der Waals surface area contributed by atoms with E-state index in [9.17, 15) is 9.59 Å². The minimum absolute atomic E-state index is 0.295. The number of alkyl carbamates (subject to hydrolysis) is 1. The van der Waals surface area contributed by atoms with Crippen LogP contribution in [0.25, 0.3) is 0 Å². The van der Waals surface area contributed by atoms with Crippen molar-refractivity contribution in [2.24, 2.45) is 0 Å². The Morgan fingerprint density at radius 2 is 1.62 bits per heavy atom. The van der Waals surface area contributed by atoms with Crippen molar-refractivity contribution < 1.29 is 14.3 Å². The van der Waals surface area contributed by atoms with Crippen LogP contribution in [0, 0.1) is 0 Å². The van der Waals surface area contributed by atoms with E-state index in [1.165, 1.54) is 0 Å². The summed E-state index contributed by atoms with van der Waals surface area (Å²) >= 11 is 0. The average Bonchev–Trinajstić information content (AvgIpc) is 2.55. The molecule has 2 amide bonds. The number of hydrogen-bond donors (Lipinski definition) is 2. The van der Waals surface area contributed by atoms with E-state index in [-0.39, 0.29) is 5.91 Å². The quantitative estimate of drug-likeness (QED) is 0.848. The molecular formula is C21H26N2O3. The normalized spacial score (nSPS) is 12.2. The van der Waals surface area contributed by atoms with Gasteiger partial charge in [0.2, 0.25) is 5.91 Å². The highest BCUT2D eigenvalue weighted by molar-refractivity contribution is 5.96. The molecule has 0 aromatic heterocycles. The highest BCUT2D eigenvalue weighted by atomic mass is 16.6. The van der Waals surface area contributed by atoms with Gasteiger partial charge in [0.05, 0.1) is 0 Å². The molecule has 1 atom stereocenters. The molecule has 0 unspecified atom stereocenters. The van der Waals surface area contributed by atoms with Crippen LogP contribution >= 0.6 is 0 Å². The Labute approximate surface area is 154 Å². The van der Waals surface area contributed by atoms with E-state index < -0.39 is 17.7 Å². The fraction of sp³-hybridized carbons (Fsp3) is 0.333. The predicted molar refractivity (Wildman–Crippen MR) is 103 cm³/mol. The van der Waals surface area contributed by atoms with Crippen LogP contribution < -0.4 is 10.6 Å². The van der Waals surface area contributed by atoms with Gasteiger partial charge in [-0.25, -0.2) is 4.79 Å². The maximum Gasteiger partial charge on any atom is 0.408 e. The Bertz CT molecular complexity index is 751. The Hall–Kier alpha value is -2.82. The van der Waals surface area contributed by atoms with Crippen LogP contribution in [0.2, 0.25) is 0 Å². The second-order valence-electron chi connectivity index (χ2n) is 7.18. The SMILES string of the molecule is C[C@@H](NC(=O)OC(C)(C)C)C(=O)Nc1ccccc1Cc1ccccc1. The van der Waals surface area contributed by atoms with Gasteiger partial charge in [-0.2, -0.15) is 0 Å². The lowest BCUT2D eigenvalue weighted by molar-refractivity contribution is -0.117. The lowest BCUT2D eigenvalue weighted by atomic mass is 10.0. The van der Waals surface area contributed by atoms with Gasteiger partial charge in [-0.15, -0.1) is 0 Å². The molecule has 2 aromatic rings.